The van der Waals surface area contributed by atoms with Crippen molar-refractivity contribution in [1.82, 2.24) is 0 Å². The summed E-state index contributed by atoms with van der Waals surface area (Å²) in [6.07, 6.45) is 3.19. The Labute approximate surface area is 172 Å². The first-order valence-corrected chi connectivity index (χ1v) is 9.58. The predicted octanol–water partition coefficient (Wildman–Crippen LogP) is 1.27. The van der Waals surface area contributed by atoms with Gasteiger partial charge in [0.25, 0.3) is 0 Å². The molecule has 0 amide bonds. The SMILES string of the molecule is C/C=C/C=C/C(O)=C1\C(=O)[C@@]2(C)C[C@@]3(C(=O)C(Cl)=C[C@H](O)[C@@H]3O)[C@@H]1[C@](C)(O)C2=O. The van der Waals surface area contributed by atoms with Crippen LogP contribution in [0.5, 0.6) is 0 Å². The minimum Gasteiger partial charge on any atom is -0.508 e. The van der Waals surface area contributed by atoms with E-state index in [2.05, 4.69) is 0 Å². The first-order chi connectivity index (χ1) is 13.4. The van der Waals surface area contributed by atoms with Crippen LogP contribution in [0.15, 0.2) is 46.7 Å². The Bertz CT molecular complexity index is 925. The number of hydrogen-bond acceptors (Lipinski definition) is 7. The van der Waals surface area contributed by atoms with Gasteiger partial charge in [0.2, 0.25) is 0 Å². The molecule has 0 saturated heterocycles. The topological polar surface area (TPSA) is 132 Å². The highest BCUT2D eigenvalue weighted by atomic mass is 35.5. The average Bonchev–Trinajstić information content (AvgIpc) is 2.65. The third-order valence-electron chi connectivity index (χ3n) is 6.36. The fraction of sp³-hybridized carbons (Fsp3) is 0.476. The van der Waals surface area contributed by atoms with Gasteiger partial charge in [0.05, 0.1) is 22.0 Å². The average molecular weight is 423 g/mol. The van der Waals surface area contributed by atoms with E-state index in [4.69, 9.17) is 11.6 Å². The fourth-order valence-electron chi connectivity index (χ4n) is 5.19. The van der Waals surface area contributed by atoms with Crippen LogP contribution in [-0.2, 0) is 14.4 Å². The van der Waals surface area contributed by atoms with Crippen LogP contribution in [0.2, 0.25) is 0 Å². The van der Waals surface area contributed by atoms with E-state index >= 15 is 0 Å². The molecule has 0 aromatic heterocycles. The lowest BCUT2D eigenvalue weighted by Crippen LogP contribution is -2.75. The Hall–Kier alpha value is -2.06. The maximum Gasteiger partial charge on any atom is 0.183 e. The van der Waals surface area contributed by atoms with Crippen molar-refractivity contribution in [2.45, 2.75) is 45.0 Å². The van der Waals surface area contributed by atoms with Crippen LogP contribution >= 0.6 is 11.6 Å². The second-order valence-electron chi connectivity index (χ2n) is 8.25. The lowest BCUT2D eigenvalue weighted by atomic mass is 9.40. The van der Waals surface area contributed by atoms with Crippen molar-refractivity contribution < 1.29 is 34.8 Å². The van der Waals surface area contributed by atoms with E-state index in [-0.39, 0.29) is 10.6 Å². The van der Waals surface area contributed by atoms with E-state index in [0.29, 0.717) is 0 Å². The van der Waals surface area contributed by atoms with Crippen LogP contribution in [0.3, 0.4) is 0 Å². The van der Waals surface area contributed by atoms with E-state index in [1.54, 1.807) is 19.1 Å². The van der Waals surface area contributed by atoms with E-state index in [1.807, 2.05) is 0 Å². The molecule has 4 rings (SSSR count). The molecule has 7 nitrogen and oxygen atoms in total. The predicted molar refractivity (Wildman–Crippen MR) is 104 cm³/mol. The molecule has 2 bridgehead atoms. The van der Waals surface area contributed by atoms with Gasteiger partial charge >= 0.3 is 0 Å². The molecule has 0 aromatic carbocycles. The maximum absolute atomic E-state index is 13.2. The molecule has 1 spiro atoms. The van der Waals surface area contributed by atoms with Crippen molar-refractivity contribution in [3.8, 4) is 0 Å². The molecular formula is C21H23ClO7. The minimum atomic E-state index is -2.26. The van der Waals surface area contributed by atoms with Crippen molar-refractivity contribution >= 4 is 29.0 Å². The Balaban J connectivity index is 2.37. The van der Waals surface area contributed by atoms with E-state index in [9.17, 15) is 34.8 Å². The molecule has 0 aliphatic heterocycles. The largest absolute Gasteiger partial charge is 0.508 e. The number of carbonyl (C=O) groups is 3. The third kappa shape index (κ3) is 2.65. The standard InChI is InChI=1S/C21H23ClO7/c1-4-5-6-7-11(23)13-14-20(3,29)18(28)19(2,17(13)27)9-21(14)15(25)10(22)8-12(24)16(21)26/h4-8,12,14,16,23-24,26,29H,9H2,1-3H3/b5-4+,7-6+,13-11+/t12-,14-,16-,19+,20-,21-/m0/s1. The van der Waals surface area contributed by atoms with E-state index in [0.717, 1.165) is 13.0 Å². The molecule has 3 saturated carbocycles. The number of hydrogen-bond donors (Lipinski definition) is 4. The maximum atomic E-state index is 13.2. The summed E-state index contributed by atoms with van der Waals surface area (Å²) in [5.41, 5.74) is -6.44. The van der Waals surface area contributed by atoms with Crippen LogP contribution in [-0.4, -0.2) is 55.6 Å². The molecule has 4 aliphatic carbocycles. The molecule has 0 heterocycles. The van der Waals surface area contributed by atoms with Gasteiger partial charge in [-0.05, 0) is 39.3 Å². The van der Waals surface area contributed by atoms with Crippen LogP contribution in [0, 0.1) is 16.7 Å². The summed E-state index contributed by atoms with van der Waals surface area (Å²) in [6, 6.07) is 0. The number of aliphatic hydroxyl groups is 4. The van der Waals surface area contributed by atoms with Gasteiger partial charge in [-0.15, -0.1) is 0 Å². The summed E-state index contributed by atoms with van der Waals surface area (Å²) < 4.78 is 0. The summed E-state index contributed by atoms with van der Waals surface area (Å²) in [6.45, 7) is 4.16. The Morgan fingerprint density at radius 1 is 1.17 bits per heavy atom. The monoisotopic (exact) mass is 422 g/mol. The number of halogens is 1. The molecule has 156 valence electrons. The molecule has 6 atom stereocenters. The second-order valence-corrected chi connectivity index (χ2v) is 8.66. The van der Waals surface area contributed by atoms with Gasteiger partial charge in [-0.1, -0.05) is 29.8 Å². The number of fused-ring (bicyclic) bond motifs is 2. The molecular weight excluding hydrogens is 400 g/mol. The molecule has 3 fully saturated rings. The zero-order valence-corrected chi connectivity index (χ0v) is 17.0. The van der Waals surface area contributed by atoms with Crippen LogP contribution in [0.4, 0.5) is 0 Å². The van der Waals surface area contributed by atoms with Gasteiger partial charge in [-0.2, -0.15) is 0 Å². The normalized spacial score (nSPS) is 44.3. The second kappa shape index (κ2) is 6.74. The van der Waals surface area contributed by atoms with Crippen LogP contribution in [0.1, 0.15) is 27.2 Å². The molecule has 29 heavy (non-hydrogen) atoms. The smallest absolute Gasteiger partial charge is 0.183 e. The molecule has 8 heteroatoms. The quantitative estimate of drug-likeness (QED) is 0.228. The highest BCUT2D eigenvalue weighted by Gasteiger charge is 2.77. The fourth-order valence-corrected chi connectivity index (χ4v) is 5.49. The Morgan fingerprint density at radius 2 is 1.79 bits per heavy atom. The van der Waals surface area contributed by atoms with Gasteiger partial charge in [0.15, 0.2) is 17.3 Å². The lowest BCUT2D eigenvalue weighted by Gasteiger charge is -2.61. The van der Waals surface area contributed by atoms with Crippen LogP contribution < -0.4 is 0 Å². The zero-order chi connectivity index (χ0) is 21.9. The highest BCUT2D eigenvalue weighted by Crippen LogP contribution is 2.64. The van der Waals surface area contributed by atoms with Gasteiger partial charge < -0.3 is 20.4 Å². The van der Waals surface area contributed by atoms with Crippen molar-refractivity contribution in [1.29, 1.82) is 0 Å². The number of aliphatic hydroxyl groups excluding tert-OH is 3. The van der Waals surface area contributed by atoms with Crippen LogP contribution in [0.25, 0.3) is 0 Å². The highest BCUT2D eigenvalue weighted by molar-refractivity contribution is 6.44. The number of ketones is 3. The first kappa shape index (κ1) is 21.6. The van der Waals surface area contributed by atoms with Gasteiger partial charge in [-0.3, -0.25) is 14.4 Å². The van der Waals surface area contributed by atoms with Crippen molar-refractivity contribution in [3.05, 3.63) is 46.7 Å². The first-order valence-electron chi connectivity index (χ1n) is 9.20. The summed E-state index contributed by atoms with van der Waals surface area (Å²) in [5, 5.41) is 42.6. The van der Waals surface area contributed by atoms with Gasteiger partial charge in [0.1, 0.15) is 17.5 Å². The molecule has 4 N–H and O–H groups in total. The summed E-state index contributed by atoms with van der Waals surface area (Å²) in [5.74, 6) is -4.45. The summed E-state index contributed by atoms with van der Waals surface area (Å²) in [7, 11) is 0. The van der Waals surface area contributed by atoms with E-state index in [1.165, 1.54) is 19.1 Å². The molecule has 0 unspecified atom stereocenters. The number of rotatable bonds is 2. The van der Waals surface area contributed by atoms with E-state index < -0.39 is 64.1 Å². The number of Topliss-reactive ketones (excluding diaryl/α,β-unsaturated/α-hetero) is 3. The third-order valence-corrected chi connectivity index (χ3v) is 6.66. The van der Waals surface area contributed by atoms with Crippen molar-refractivity contribution in [2.75, 3.05) is 0 Å². The molecule has 4 aliphatic rings. The van der Waals surface area contributed by atoms with Gasteiger partial charge in [-0.25, -0.2) is 0 Å². The number of allylic oxidation sites excluding steroid dienone is 5. The van der Waals surface area contributed by atoms with Crippen molar-refractivity contribution in [2.24, 2.45) is 16.7 Å². The van der Waals surface area contributed by atoms with Crippen molar-refractivity contribution in [3.63, 3.8) is 0 Å². The lowest BCUT2D eigenvalue weighted by molar-refractivity contribution is -0.203. The number of carbonyl (C=O) groups excluding carboxylic acids is 3. The molecule has 0 aromatic rings. The van der Waals surface area contributed by atoms with Gasteiger partial charge in [0, 0.05) is 11.5 Å². The zero-order valence-electron chi connectivity index (χ0n) is 16.2. The summed E-state index contributed by atoms with van der Waals surface area (Å²) >= 11 is 6.02. The summed E-state index contributed by atoms with van der Waals surface area (Å²) in [4.78, 5) is 39.3. The minimum absolute atomic E-state index is 0.338. The molecule has 0 radical (unpaired) electrons. The Kier molecular flexibility index (Phi) is 5.03. The Morgan fingerprint density at radius 3 is 2.38 bits per heavy atom.